The number of benzene rings is 9. The summed E-state index contributed by atoms with van der Waals surface area (Å²) in [4.78, 5) is 4.73. The molecule has 1 atom stereocenters. The van der Waals surface area contributed by atoms with Crippen molar-refractivity contribution in [2.75, 3.05) is 9.80 Å². The third-order valence-electron chi connectivity index (χ3n) is 13.1. The monoisotopic (exact) mass is 834 g/mol. The van der Waals surface area contributed by atoms with E-state index >= 15 is 0 Å². The Balaban J connectivity index is 1.13. The highest BCUT2D eigenvalue weighted by Gasteiger charge is 2.28. The van der Waals surface area contributed by atoms with Gasteiger partial charge in [-0.25, -0.2) is 0 Å². The van der Waals surface area contributed by atoms with Gasteiger partial charge in [0.2, 0.25) is 0 Å². The van der Waals surface area contributed by atoms with Gasteiger partial charge in [-0.15, -0.1) is 0 Å². The van der Waals surface area contributed by atoms with Gasteiger partial charge >= 0.3 is 0 Å². The highest BCUT2D eigenvalue weighted by molar-refractivity contribution is 6.22. The Bertz CT molecular complexity index is 3460. The van der Waals surface area contributed by atoms with E-state index in [0.29, 0.717) is 5.92 Å². The maximum Gasteiger partial charge on any atom is 0.0638 e. The van der Waals surface area contributed by atoms with E-state index in [9.17, 15) is 0 Å². The molecule has 0 radical (unpaired) electrons. The summed E-state index contributed by atoms with van der Waals surface area (Å²) in [6.07, 6.45) is 5.72. The highest BCUT2D eigenvalue weighted by Crippen LogP contribution is 2.47. The maximum atomic E-state index is 2.52. The molecule has 12 rings (SSSR count). The van der Waals surface area contributed by atoms with E-state index < -0.39 is 0 Å². The fourth-order valence-electron chi connectivity index (χ4n) is 10.2. The molecule has 0 fully saturated rings. The molecule has 1 aliphatic rings. The first-order valence-corrected chi connectivity index (χ1v) is 22.6. The second kappa shape index (κ2) is 16.1. The topological polar surface area (TPSA) is 16.3 Å². The lowest BCUT2D eigenvalue weighted by Gasteiger charge is -2.26. The third kappa shape index (κ3) is 6.61. The predicted molar refractivity (Wildman–Crippen MR) is 274 cm³/mol. The van der Waals surface area contributed by atoms with Gasteiger partial charge in [0.25, 0.3) is 0 Å². The number of anilines is 6. The summed E-state index contributed by atoms with van der Waals surface area (Å²) in [5.41, 5.74) is 17.5. The lowest BCUT2D eigenvalue weighted by Crippen LogP contribution is -2.10. The van der Waals surface area contributed by atoms with Gasteiger partial charge in [-0.1, -0.05) is 140 Å². The van der Waals surface area contributed by atoms with Crippen LogP contribution in [-0.4, -0.2) is 9.13 Å². The molecular formula is C61H46N4. The molecule has 2 heterocycles. The second-order valence-corrected chi connectivity index (χ2v) is 17.0. The zero-order chi connectivity index (χ0) is 43.3. The van der Waals surface area contributed by atoms with Gasteiger partial charge in [-0.05, 0) is 138 Å². The van der Waals surface area contributed by atoms with Crippen LogP contribution in [0.1, 0.15) is 30.5 Å². The average molecular weight is 835 g/mol. The van der Waals surface area contributed by atoms with Gasteiger partial charge in [0.05, 0.1) is 22.2 Å². The lowest BCUT2D eigenvalue weighted by atomic mass is 9.90. The van der Waals surface area contributed by atoms with Gasteiger partial charge in [0, 0.05) is 61.7 Å². The summed E-state index contributed by atoms with van der Waals surface area (Å²) < 4.78 is 5.00. The van der Waals surface area contributed by atoms with Crippen LogP contribution < -0.4 is 9.80 Å². The lowest BCUT2D eigenvalue weighted by molar-refractivity contribution is 0.773. The predicted octanol–water partition coefficient (Wildman–Crippen LogP) is 16.9. The number of para-hydroxylation sites is 4. The summed E-state index contributed by atoms with van der Waals surface area (Å²) in [5, 5.41) is 3.75. The smallest absolute Gasteiger partial charge is 0.0638 e. The Kier molecular flexibility index (Phi) is 9.49. The molecule has 11 aromatic rings. The summed E-state index contributed by atoms with van der Waals surface area (Å²) in [6.45, 7) is 2.37. The molecule has 1 aliphatic carbocycles. The van der Waals surface area contributed by atoms with Gasteiger partial charge < -0.3 is 18.9 Å². The Morgan fingerprint density at radius 2 is 0.892 bits per heavy atom. The standard InChI is InChI=1S/C61H46N4/c1-43-19-17-32-57-59(43)54-38-40-58-60(61(54)65(57)49-28-15-6-16-29-49)55-42-53(62(46-22-9-3-10-23-46)47-24-11-4-12-25-47)37-39-56(55)64(58)52-31-18-30-51(41-52)63(48-26-13-5-14-27-48)50-35-33-45(34-36-50)44-20-7-2-8-21-44/h2-18,20-43H,19H2,1H3/t43-/m1/s1. The van der Waals surface area contributed by atoms with Gasteiger partial charge in [0.1, 0.15) is 0 Å². The number of rotatable bonds is 9. The SMILES string of the molecule is C[C@@H]1CC=Cc2c1c1ccc3c(c4cc(N(c5ccccc5)c5ccccc5)ccc4n3-c3cccc(N(c4ccccc4)c4ccc(-c5ccccc5)cc4)c3)c1n2-c1ccccc1. The first-order chi connectivity index (χ1) is 32.2. The Hall–Kier alpha value is -8.34. The molecular weight excluding hydrogens is 789 g/mol. The third-order valence-corrected chi connectivity index (χ3v) is 13.1. The van der Waals surface area contributed by atoms with Crippen molar-refractivity contribution in [2.45, 2.75) is 19.3 Å². The van der Waals surface area contributed by atoms with E-state index in [2.05, 4.69) is 269 Å². The van der Waals surface area contributed by atoms with Crippen molar-refractivity contribution in [2.24, 2.45) is 0 Å². The largest absolute Gasteiger partial charge is 0.310 e. The number of hydrogen-bond acceptors (Lipinski definition) is 2. The molecule has 4 heteroatoms. The van der Waals surface area contributed by atoms with Crippen LogP contribution in [0.15, 0.2) is 237 Å². The minimum Gasteiger partial charge on any atom is -0.310 e. The molecule has 0 amide bonds. The van der Waals surface area contributed by atoms with Crippen LogP contribution in [0.4, 0.5) is 34.1 Å². The van der Waals surface area contributed by atoms with Crippen LogP contribution in [0, 0.1) is 0 Å². The molecule has 0 saturated carbocycles. The molecule has 310 valence electrons. The van der Waals surface area contributed by atoms with Crippen LogP contribution in [0.3, 0.4) is 0 Å². The first-order valence-electron chi connectivity index (χ1n) is 22.6. The molecule has 0 N–H and O–H groups in total. The Morgan fingerprint density at radius 1 is 0.400 bits per heavy atom. The van der Waals surface area contributed by atoms with Crippen LogP contribution in [-0.2, 0) is 0 Å². The number of allylic oxidation sites excluding steroid dienone is 1. The van der Waals surface area contributed by atoms with Crippen molar-refractivity contribution in [3.05, 3.63) is 248 Å². The fraction of sp³-hybridized carbons (Fsp3) is 0.0492. The van der Waals surface area contributed by atoms with Crippen molar-refractivity contribution in [1.29, 1.82) is 0 Å². The van der Waals surface area contributed by atoms with E-state index in [1.54, 1.807) is 0 Å². The second-order valence-electron chi connectivity index (χ2n) is 17.0. The summed E-state index contributed by atoms with van der Waals surface area (Å²) >= 11 is 0. The quantitative estimate of drug-likeness (QED) is 0.144. The van der Waals surface area contributed by atoms with Crippen LogP contribution >= 0.6 is 0 Å². The Labute approximate surface area is 379 Å². The van der Waals surface area contributed by atoms with E-state index in [4.69, 9.17) is 0 Å². The highest BCUT2D eigenvalue weighted by atomic mass is 15.2. The molecule has 65 heavy (non-hydrogen) atoms. The zero-order valence-electron chi connectivity index (χ0n) is 36.2. The summed E-state index contributed by atoms with van der Waals surface area (Å²) in [7, 11) is 0. The van der Waals surface area contributed by atoms with Crippen LogP contribution in [0.5, 0.6) is 0 Å². The number of aromatic nitrogens is 2. The molecule has 0 aliphatic heterocycles. The molecule has 9 aromatic carbocycles. The molecule has 2 aromatic heterocycles. The van der Waals surface area contributed by atoms with Crippen molar-refractivity contribution in [3.8, 4) is 22.5 Å². The maximum absolute atomic E-state index is 2.52. The average Bonchev–Trinajstić information content (AvgIpc) is 3.89. The normalized spacial score (nSPS) is 13.3. The van der Waals surface area contributed by atoms with E-state index in [1.807, 2.05) is 0 Å². The van der Waals surface area contributed by atoms with E-state index in [0.717, 1.165) is 63.0 Å². The van der Waals surface area contributed by atoms with Crippen LogP contribution in [0.25, 0.3) is 61.3 Å². The van der Waals surface area contributed by atoms with E-state index in [-0.39, 0.29) is 0 Å². The van der Waals surface area contributed by atoms with Crippen molar-refractivity contribution in [1.82, 2.24) is 9.13 Å². The molecule has 0 spiro atoms. The minimum absolute atomic E-state index is 0.387. The zero-order valence-corrected chi connectivity index (χ0v) is 36.2. The summed E-state index contributed by atoms with van der Waals surface area (Å²) in [5.74, 6) is 0.387. The fourth-order valence-corrected chi connectivity index (χ4v) is 10.2. The van der Waals surface area contributed by atoms with Gasteiger partial charge in [-0.2, -0.15) is 0 Å². The summed E-state index contributed by atoms with van der Waals surface area (Å²) in [6, 6.07) is 83.4. The minimum atomic E-state index is 0.387. The molecule has 0 saturated heterocycles. The van der Waals surface area contributed by atoms with Gasteiger partial charge in [0.15, 0.2) is 0 Å². The first kappa shape index (κ1) is 38.3. The molecule has 0 bridgehead atoms. The number of nitrogens with zero attached hydrogens (tertiary/aromatic N) is 4. The molecule has 4 nitrogen and oxygen atoms in total. The number of hydrogen-bond donors (Lipinski definition) is 0. The Morgan fingerprint density at radius 3 is 1.52 bits per heavy atom. The van der Waals surface area contributed by atoms with Crippen molar-refractivity contribution in [3.63, 3.8) is 0 Å². The van der Waals surface area contributed by atoms with Crippen molar-refractivity contribution < 1.29 is 0 Å². The van der Waals surface area contributed by atoms with Gasteiger partial charge in [-0.3, -0.25) is 0 Å². The number of fused-ring (bicyclic) bond motifs is 7. The van der Waals surface area contributed by atoms with Crippen molar-refractivity contribution >= 4 is 72.9 Å². The van der Waals surface area contributed by atoms with E-state index in [1.165, 1.54) is 44.1 Å². The van der Waals surface area contributed by atoms with Crippen LogP contribution in [0.2, 0.25) is 0 Å². The molecule has 0 unspecified atom stereocenters.